The molecule has 0 spiro atoms. The zero-order chi connectivity index (χ0) is 8.60. The van der Waals surface area contributed by atoms with Crippen molar-refractivity contribution in [3.8, 4) is 0 Å². The minimum atomic E-state index is 0.242. The molecule has 0 bridgehead atoms. The molecule has 0 atom stereocenters. The van der Waals surface area contributed by atoms with Crippen LogP contribution in [0.25, 0.3) is 0 Å². The van der Waals surface area contributed by atoms with Crippen LogP contribution in [0.1, 0.15) is 26.2 Å². The molecule has 1 aliphatic carbocycles. The van der Waals surface area contributed by atoms with E-state index in [-0.39, 0.29) is 5.54 Å². The van der Waals surface area contributed by atoms with Gasteiger partial charge in [-0.3, -0.25) is 0 Å². The average molecular weight is 184 g/mol. The molecule has 5 heteroatoms. The summed E-state index contributed by atoms with van der Waals surface area (Å²) in [7, 11) is 0. The molecule has 0 aromatic carbocycles. The molecule has 1 heterocycles. The lowest BCUT2D eigenvalue weighted by molar-refractivity contribution is 0.306. The van der Waals surface area contributed by atoms with Gasteiger partial charge in [0.25, 0.3) is 0 Å². The van der Waals surface area contributed by atoms with E-state index < -0.39 is 0 Å². The van der Waals surface area contributed by atoms with Crippen LogP contribution in [0, 0.1) is 0 Å². The van der Waals surface area contributed by atoms with E-state index in [1.165, 1.54) is 30.8 Å². The zero-order valence-electron chi connectivity index (χ0n) is 7.00. The quantitative estimate of drug-likeness (QED) is 0.730. The molecule has 1 aromatic heterocycles. The first-order valence-corrected chi connectivity index (χ1v) is 4.83. The molecule has 3 N–H and O–H groups in total. The maximum atomic E-state index is 5.41. The van der Waals surface area contributed by atoms with E-state index in [0.717, 1.165) is 5.13 Å². The van der Waals surface area contributed by atoms with Crippen LogP contribution in [-0.2, 0) is 0 Å². The monoisotopic (exact) mass is 184 g/mol. The van der Waals surface area contributed by atoms with Crippen LogP contribution in [0.4, 0.5) is 11.1 Å². The third kappa shape index (κ3) is 1.36. The Kier molecular flexibility index (Phi) is 1.68. The van der Waals surface area contributed by atoms with Gasteiger partial charge in [-0.2, -0.15) is 9.36 Å². The number of anilines is 2. The third-order valence-electron chi connectivity index (χ3n) is 2.31. The highest BCUT2D eigenvalue weighted by molar-refractivity contribution is 7.09. The van der Waals surface area contributed by atoms with E-state index in [1.54, 1.807) is 0 Å². The molecule has 0 aliphatic heterocycles. The Labute approximate surface area is 75.4 Å². The smallest absolute Gasteiger partial charge is 0.233 e. The number of nitrogens with zero attached hydrogens (tertiary/aromatic N) is 2. The van der Waals surface area contributed by atoms with Crippen LogP contribution < -0.4 is 11.1 Å². The second kappa shape index (κ2) is 2.58. The van der Waals surface area contributed by atoms with Crippen molar-refractivity contribution in [3.05, 3.63) is 0 Å². The summed E-state index contributed by atoms with van der Waals surface area (Å²) in [5.74, 6) is 0.366. The maximum absolute atomic E-state index is 5.41. The van der Waals surface area contributed by atoms with Crippen molar-refractivity contribution in [3.63, 3.8) is 0 Å². The standard InChI is InChI=1S/C7H12N4S/c1-7(3-2-4-7)10-6-9-5(8)11-12-6/h2-4H2,1H3,(H3,8,9,10,11). The van der Waals surface area contributed by atoms with E-state index >= 15 is 0 Å². The fourth-order valence-electron chi connectivity index (χ4n) is 1.38. The summed E-state index contributed by atoms with van der Waals surface area (Å²) in [4.78, 5) is 4.05. The molecule has 1 fully saturated rings. The molecule has 12 heavy (non-hydrogen) atoms. The molecule has 0 radical (unpaired) electrons. The number of aromatic nitrogens is 2. The predicted octanol–water partition coefficient (Wildman–Crippen LogP) is 1.47. The number of nitrogens with two attached hydrogens (primary N) is 1. The summed E-state index contributed by atoms with van der Waals surface area (Å²) in [6, 6.07) is 0. The Bertz CT molecular complexity index is 279. The highest BCUT2D eigenvalue weighted by atomic mass is 32.1. The number of rotatable bonds is 2. The minimum absolute atomic E-state index is 0.242. The summed E-state index contributed by atoms with van der Waals surface area (Å²) in [5, 5.41) is 4.18. The summed E-state index contributed by atoms with van der Waals surface area (Å²) >= 11 is 1.33. The lowest BCUT2D eigenvalue weighted by Crippen LogP contribution is -2.41. The number of hydrogen-bond acceptors (Lipinski definition) is 5. The summed E-state index contributed by atoms with van der Waals surface area (Å²) in [6.07, 6.45) is 3.73. The van der Waals surface area contributed by atoms with Crippen molar-refractivity contribution in [2.24, 2.45) is 0 Å². The van der Waals surface area contributed by atoms with E-state index in [4.69, 9.17) is 5.73 Å². The van der Waals surface area contributed by atoms with Crippen LogP contribution >= 0.6 is 11.5 Å². The normalized spacial score (nSPS) is 20.1. The van der Waals surface area contributed by atoms with E-state index in [9.17, 15) is 0 Å². The van der Waals surface area contributed by atoms with E-state index in [2.05, 4.69) is 21.6 Å². The van der Waals surface area contributed by atoms with Crippen molar-refractivity contribution in [2.75, 3.05) is 11.1 Å². The minimum Gasteiger partial charge on any atom is -0.367 e. The van der Waals surface area contributed by atoms with Crippen molar-refractivity contribution in [1.29, 1.82) is 0 Å². The van der Waals surface area contributed by atoms with Gasteiger partial charge in [0.15, 0.2) is 0 Å². The Morgan fingerprint density at radius 1 is 1.58 bits per heavy atom. The van der Waals surface area contributed by atoms with Crippen LogP contribution in [0.15, 0.2) is 0 Å². The Morgan fingerprint density at radius 3 is 2.75 bits per heavy atom. The van der Waals surface area contributed by atoms with Gasteiger partial charge >= 0.3 is 0 Å². The fourth-order valence-corrected chi connectivity index (χ4v) is 2.02. The molecule has 4 nitrogen and oxygen atoms in total. The molecule has 66 valence electrons. The molecular formula is C7H12N4S. The summed E-state index contributed by atoms with van der Waals surface area (Å²) < 4.78 is 3.91. The van der Waals surface area contributed by atoms with Gasteiger partial charge in [-0.05, 0) is 26.2 Å². The van der Waals surface area contributed by atoms with Crippen LogP contribution in [0.5, 0.6) is 0 Å². The van der Waals surface area contributed by atoms with Crippen molar-refractivity contribution >= 4 is 22.6 Å². The number of hydrogen-bond donors (Lipinski definition) is 2. The highest BCUT2D eigenvalue weighted by Crippen LogP contribution is 2.34. The van der Waals surface area contributed by atoms with Gasteiger partial charge in [0, 0.05) is 17.1 Å². The largest absolute Gasteiger partial charge is 0.367 e. The molecule has 0 amide bonds. The first kappa shape index (κ1) is 7.79. The van der Waals surface area contributed by atoms with Crippen molar-refractivity contribution < 1.29 is 0 Å². The Morgan fingerprint density at radius 2 is 2.33 bits per heavy atom. The first-order chi connectivity index (χ1) is 5.68. The predicted molar refractivity (Wildman–Crippen MR) is 50.2 cm³/mol. The van der Waals surface area contributed by atoms with Gasteiger partial charge in [0.1, 0.15) is 0 Å². The zero-order valence-corrected chi connectivity index (χ0v) is 7.82. The van der Waals surface area contributed by atoms with Gasteiger partial charge in [0.2, 0.25) is 11.1 Å². The topological polar surface area (TPSA) is 63.8 Å². The lowest BCUT2D eigenvalue weighted by atomic mass is 9.79. The highest BCUT2D eigenvalue weighted by Gasteiger charge is 2.32. The SMILES string of the molecule is CC1(Nc2nc(N)ns2)CCC1. The first-order valence-electron chi connectivity index (χ1n) is 4.05. The van der Waals surface area contributed by atoms with E-state index in [1.807, 2.05) is 0 Å². The van der Waals surface area contributed by atoms with Gasteiger partial charge in [0.05, 0.1) is 0 Å². The molecule has 0 unspecified atom stereocenters. The third-order valence-corrected chi connectivity index (χ3v) is 2.95. The Hall–Kier alpha value is -0.840. The van der Waals surface area contributed by atoms with Crippen LogP contribution in [0.3, 0.4) is 0 Å². The van der Waals surface area contributed by atoms with Crippen LogP contribution in [0.2, 0.25) is 0 Å². The van der Waals surface area contributed by atoms with Crippen molar-refractivity contribution in [1.82, 2.24) is 9.36 Å². The van der Waals surface area contributed by atoms with Gasteiger partial charge < -0.3 is 11.1 Å². The summed E-state index contributed by atoms with van der Waals surface area (Å²) in [6.45, 7) is 2.20. The maximum Gasteiger partial charge on any atom is 0.233 e. The molecule has 0 saturated heterocycles. The molecule has 1 aliphatic rings. The average Bonchev–Trinajstić information content (AvgIpc) is 2.32. The van der Waals surface area contributed by atoms with Crippen molar-refractivity contribution in [2.45, 2.75) is 31.7 Å². The number of nitrogens with one attached hydrogen (secondary N) is 1. The van der Waals surface area contributed by atoms with E-state index in [0.29, 0.717) is 5.95 Å². The van der Waals surface area contributed by atoms with Crippen LogP contribution in [-0.4, -0.2) is 14.9 Å². The second-order valence-electron chi connectivity index (χ2n) is 3.50. The lowest BCUT2D eigenvalue weighted by Gasteiger charge is -2.38. The molecule has 2 rings (SSSR count). The summed E-state index contributed by atoms with van der Waals surface area (Å²) in [5.41, 5.74) is 5.65. The fraction of sp³-hybridized carbons (Fsp3) is 0.714. The van der Waals surface area contributed by atoms with Gasteiger partial charge in [-0.1, -0.05) is 0 Å². The number of nitrogen functional groups attached to an aromatic ring is 1. The molecule has 1 aromatic rings. The van der Waals surface area contributed by atoms with Gasteiger partial charge in [-0.25, -0.2) is 0 Å². The Balaban J connectivity index is 2.03. The van der Waals surface area contributed by atoms with Gasteiger partial charge in [-0.15, -0.1) is 0 Å². The second-order valence-corrected chi connectivity index (χ2v) is 4.25. The molecule has 1 saturated carbocycles. The molecular weight excluding hydrogens is 172 g/mol.